The zero-order valence-electron chi connectivity index (χ0n) is 23.9. The minimum atomic E-state index is -1.14. The van der Waals surface area contributed by atoms with Crippen LogP contribution >= 0.6 is 0 Å². The molecular weight excluding hydrogens is 543 g/mol. The van der Waals surface area contributed by atoms with Crippen molar-refractivity contribution in [3.05, 3.63) is 66.1 Å². The SMILES string of the molecule is CCN(CC)c1ncc(N(C(C)=O)c2ccc(F)cc2)c(N[C@@H](Cc2ccc(OC(=O)N3CCCC3)cc2)C(=O)O)n1. The smallest absolute Gasteiger partial charge is 0.415 e. The second-order valence-corrected chi connectivity index (χ2v) is 9.85. The summed E-state index contributed by atoms with van der Waals surface area (Å²) < 4.78 is 19.1. The van der Waals surface area contributed by atoms with E-state index in [4.69, 9.17) is 4.74 Å². The molecule has 1 saturated heterocycles. The second kappa shape index (κ2) is 13.7. The lowest BCUT2D eigenvalue weighted by molar-refractivity contribution is -0.137. The standard InChI is InChI=1S/C30H35FN6O5/c1-4-35(5-2)29-32-19-26(37(20(3)38)23-12-10-22(31)11-13-23)27(34-29)33-25(28(39)40)18-21-8-14-24(15-9-21)42-30(41)36-16-6-7-17-36/h8-15,19,25H,4-7,16-18H2,1-3H3,(H,39,40)(H,32,33,34)/t25-/m0/s1. The molecule has 2 aromatic carbocycles. The van der Waals surface area contributed by atoms with Gasteiger partial charge in [0.15, 0.2) is 5.82 Å². The van der Waals surface area contributed by atoms with E-state index in [1.807, 2.05) is 18.7 Å². The summed E-state index contributed by atoms with van der Waals surface area (Å²) in [7, 11) is 0. The van der Waals surface area contributed by atoms with Crippen LogP contribution in [0, 0.1) is 5.82 Å². The Morgan fingerprint density at radius 1 is 1.05 bits per heavy atom. The van der Waals surface area contributed by atoms with Gasteiger partial charge in [-0.25, -0.2) is 19.0 Å². The predicted octanol–water partition coefficient (Wildman–Crippen LogP) is 4.85. The Kier molecular flexibility index (Phi) is 9.89. The lowest BCUT2D eigenvalue weighted by Gasteiger charge is -2.27. The van der Waals surface area contributed by atoms with E-state index in [1.165, 1.54) is 42.3 Å². The molecule has 1 aliphatic rings. The number of hydrogen-bond acceptors (Lipinski definition) is 8. The summed E-state index contributed by atoms with van der Waals surface area (Å²) in [5.74, 6) is -1.12. The third kappa shape index (κ3) is 7.31. The van der Waals surface area contributed by atoms with E-state index >= 15 is 0 Å². The average molecular weight is 579 g/mol. The fourth-order valence-corrected chi connectivity index (χ4v) is 4.73. The van der Waals surface area contributed by atoms with E-state index in [0.717, 1.165) is 12.8 Å². The first-order chi connectivity index (χ1) is 20.2. The fraction of sp³-hybridized carbons (Fsp3) is 0.367. The van der Waals surface area contributed by atoms with Crippen LogP contribution in [0.3, 0.4) is 0 Å². The molecule has 4 rings (SSSR count). The van der Waals surface area contributed by atoms with Gasteiger partial charge in [0.2, 0.25) is 11.9 Å². The molecule has 2 N–H and O–H groups in total. The van der Waals surface area contributed by atoms with Crippen molar-refractivity contribution in [1.82, 2.24) is 14.9 Å². The molecule has 1 aromatic heterocycles. The highest BCUT2D eigenvalue weighted by Gasteiger charge is 2.26. The zero-order valence-corrected chi connectivity index (χ0v) is 23.9. The molecule has 42 heavy (non-hydrogen) atoms. The molecule has 0 aliphatic carbocycles. The summed E-state index contributed by atoms with van der Waals surface area (Å²) in [6, 6.07) is 10.9. The number of amides is 2. The number of benzene rings is 2. The quantitative estimate of drug-likeness (QED) is 0.328. The molecule has 1 atom stereocenters. The number of hydrogen-bond donors (Lipinski definition) is 2. The van der Waals surface area contributed by atoms with Gasteiger partial charge < -0.3 is 25.0 Å². The van der Waals surface area contributed by atoms with Crippen molar-refractivity contribution < 1.29 is 28.6 Å². The molecule has 12 heteroatoms. The van der Waals surface area contributed by atoms with Crippen LogP contribution in [0.2, 0.25) is 0 Å². The molecule has 11 nitrogen and oxygen atoms in total. The number of rotatable bonds is 11. The largest absolute Gasteiger partial charge is 0.480 e. The summed E-state index contributed by atoms with van der Waals surface area (Å²) in [6.45, 7) is 7.80. The van der Waals surface area contributed by atoms with Gasteiger partial charge in [0, 0.05) is 45.2 Å². The number of aliphatic carboxylic acids is 1. The summed E-state index contributed by atoms with van der Waals surface area (Å²) in [5.41, 5.74) is 1.27. The first-order valence-electron chi connectivity index (χ1n) is 13.9. The maximum atomic E-state index is 13.6. The first kappa shape index (κ1) is 30.2. The van der Waals surface area contributed by atoms with Crippen LogP contribution < -0.4 is 19.9 Å². The van der Waals surface area contributed by atoms with Crippen molar-refractivity contribution in [2.24, 2.45) is 0 Å². The van der Waals surface area contributed by atoms with Crippen molar-refractivity contribution in [1.29, 1.82) is 0 Å². The number of carbonyl (C=O) groups excluding carboxylic acids is 2. The van der Waals surface area contributed by atoms with Gasteiger partial charge in [0.05, 0.1) is 6.20 Å². The van der Waals surface area contributed by atoms with Crippen LogP contribution in [-0.2, 0) is 16.0 Å². The van der Waals surface area contributed by atoms with E-state index in [0.29, 0.717) is 49.1 Å². The Hall–Kier alpha value is -4.74. The Balaban J connectivity index is 1.62. The number of aromatic nitrogens is 2. The Bertz CT molecular complexity index is 1390. The van der Waals surface area contributed by atoms with Gasteiger partial charge in [-0.2, -0.15) is 4.98 Å². The van der Waals surface area contributed by atoms with Gasteiger partial charge in [-0.1, -0.05) is 12.1 Å². The second-order valence-electron chi connectivity index (χ2n) is 9.85. The molecule has 1 fully saturated rings. The van der Waals surface area contributed by atoms with Crippen molar-refractivity contribution in [3.63, 3.8) is 0 Å². The minimum absolute atomic E-state index is 0.0658. The van der Waals surface area contributed by atoms with Gasteiger partial charge in [-0.15, -0.1) is 0 Å². The molecule has 1 aliphatic heterocycles. The van der Waals surface area contributed by atoms with Gasteiger partial charge in [0.1, 0.15) is 23.3 Å². The van der Waals surface area contributed by atoms with Crippen molar-refractivity contribution in [2.75, 3.05) is 41.3 Å². The van der Waals surface area contributed by atoms with E-state index < -0.39 is 29.8 Å². The molecule has 0 radical (unpaired) electrons. The highest BCUT2D eigenvalue weighted by atomic mass is 19.1. The molecule has 0 saturated carbocycles. The molecule has 2 amide bonds. The molecule has 222 valence electrons. The summed E-state index contributed by atoms with van der Waals surface area (Å²) in [6.07, 6.45) is 3.03. The number of nitrogens with one attached hydrogen (secondary N) is 1. The van der Waals surface area contributed by atoms with Crippen LogP contribution in [0.1, 0.15) is 39.2 Å². The monoisotopic (exact) mass is 578 g/mol. The fourth-order valence-electron chi connectivity index (χ4n) is 4.73. The molecule has 3 aromatic rings. The molecular formula is C30H35FN6O5. The van der Waals surface area contributed by atoms with Crippen LogP contribution in [0.15, 0.2) is 54.7 Å². The number of carboxylic acid groups (broad SMARTS) is 1. The van der Waals surface area contributed by atoms with Crippen molar-refractivity contribution in [2.45, 2.75) is 46.1 Å². The normalized spacial score (nSPS) is 13.4. The first-order valence-corrected chi connectivity index (χ1v) is 13.9. The highest BCUT2D eigenvalue weighted by Crippen LogP contribution is 2.33. The van der Waals surface area contributed by atoms with Gasteiger partial charge >= 0.3 is 12.1 Å². The molecule has 2 heterocycles. The number of nitrogens with zero attached hydrogens (tertiary/aromatic N) is 5. The number of likely N-dealkylation sites (tertiary alicyclic amines) is 1. The number of carbonyl (C=O) groups is 3. The lowest BCUT2D eigenvalue weighted by atomic mass is 10.1. The maximum Gasteiger partial charge on any atom is 0.415 e. The number of carboxylic acids is 1. The minimum Gasteiger partial charge on any atom is -0.480 e. The summed E-state index contributed by atoms with van der Waals surface area (Å²) in [5, 5.41) is 13.1. The molecule has 0 bridgehead atoms. The Morgan fingerprint density at radius 2 is 1.69 bits per heavy atom. The van der Waals surface area contributed by atoms with Crippen molar-refractivity contribution in [3.8, 4) is 5.75 Å². The number of ether oxygens (including phenoxy) is 1. The predicted molar refractivity (Wildman–Crippen MR) is 157 cm³/mol. The van der Waals surface area contributed by atoms with Crippen LogP contribution in [0.5, 0.6) is 5.75 Å². The topological polar surface area (TPSA) is 128 Å². The average Bonchev–Trinajstić information content (AvgIpc) is 3.52. The zero-order chi connectivity index (χ0) is 30.2. The number of anilines is 4. The summed E-state index contributed by atoms with van der Waals surface area (Å²) >= 11 is 0. The lowest BCUT2D eigenvalue weighted by Crippen LogP contribution is -2.34. The highest BCUT2D eigenvalue weighted by molar-refractivity contribution is 6.01. The van der Waals surface area contributed by atoms with Crippen LogP contribution in [0.4, 0.5) is 32.3 Å². The summed E-state index contributed by atoms with van der Waals surface area (Å²) in [4.78, 5) is 51.4. The maximum absolute atomic E-state index is 13.6. The van der Waals surface area contributed by atoms with Crippen LogP contribution in [0.25, 0.3) is 0 Å². The number of halogens is 1. The van der Waals surface area contributed by atoms with E-state index in [2.05, 4.69) is 15.3 Å². The third-order valence-corrected chi connectivity index (χ3v) is 6.99. The van der Waals surface area contributed by atoms with E-state index in [-0.39, 0.29) is 17.9 Å². The van der Waals surface area contributed by atoms with Gasteiger partial charge in [-0.05, 0) is 68.7 Å². The molecule has 0 spiro atoms. The van der Waals surface area contributed by atoms with E-state index in [1.54, 1.807) is 29.2 Å². The van der Waals surface area contributed by atoms with Gasteiger partial charge in [-0.3, -0.25) is 9.69 Å². The Morgan fingerprint density at radius 3 is 2.26 bits per heavy atom. The van der Waals surface area contributed by atoms with Gasteiger partial charge in [0.25, 0.3) is 0 Å². The van der Waals surface area contributed by atoms with Crippen molar-refractivity contribution >= 4 is 41.1 Å². The van der Waals surface area contributed by atoms with E-state index in [9.17, 15) is 23.9 Å². The molecule has 0 unspecified atom stereocenters. The third-order valence-electron chi connectivity index (χ3n) is 6.99. The Labute approximate surface area is 243 Å². The van der Waals surface area contributed by atoms with Crippen LogP contribution in [-0.4, -0.2) is 70.2 Å².